The molecule has 0 nitrogen and oxygen atoms in total. The highest BCUT2D eigenvalue weighted by atomic mass is 32.2. The van der Waals surface area contributed by atoms with Gasteiger partial charge in [0.2, 0.25) is 0 Å². The summed E-state index contributed by atoms with van der Waals surface area (Å²) in [5, 5.41) is 0. The molecule has 0 aliphatic heterocycles. The van der Waals surface area contributed by atoms with E-state index in [9.17, 15) is 0 Å². The summed E-state index contributed by atoms with van der Waals surface area (Å²) in [7, 11) is 0. The number of rotatable bonds is 5. The van der Waals surface area contributed by atoms with Crippen molar-refractivity contribution in [2.45, 2.75) is 19.8 Å². The molecular weight excluding hydrogens is 160 g/mol. The minimum absolute atomic E-state index is 1.06. The van der Waals surface area contributed by atoms with Gasteiger partial charge in [0.15, 0.2) is 0 Å². The molecule has 0 aliphatic rings. The van der Waals surface area contributed by atoms with E-state index in [0.29, 0.717) is 0 Å². The molecule has 58 valence electrons. The van der Waals surface area contributed by atoms with Crippen molar-refractivity contribution in [3.05, 3.63) is 12.2 Å². The maximum Gasteiger partial charge on any atom is 0.0149 e. The van der Waals surface area contributed by atoms with Gasteiger partial charge in [-0.2, -0.15) is 11.8 Å². The minimum atomic E-state index is 1.06. The summed E-state index contributed by atoms with van der Waals surface area (Å²) in [6, 6.07) is 0. The molecule has 0 saturated carbocycles. The highest BCUT2D eigenvalue weighted by Gasteiger charge is 1.85. The monoisotopic (exact) mass is 174 g/mol. The zero-order valence-corrected chi connectivity index (χ0v) is 8.23. The zero-order valence-electron chi connectivity index (χ0n) is 6.59. The van der Waals surface area contributed by atoms with Crippen LogP contribution in [0.15, 0.2) is 12.2 Å². The summed E-state index contributed by atoms with van der Waals surface area (Å²) in [5.74, 6) is 1.07. The van der Waals surface area contributed by atoms with Crippen molar-refractivity contribution in [1.29, 1.82) is 0 Å². The second kappa shape index (κ2) is 7.29. The Bertz CT molecular complexity index is 116. The highest BCUT2D eigenvalue weighted by molar-refractivity contribution is 7.98. The summed E-state index contributed by atoms with van der Waals surface area (Å²) in [6.07, 6.45) is 8.48. The lowest BCUT2D eigenvalue weighted by Gasteiger charge is -1.91. The molecular formula is C8H14S2. The molecule has 0 bridgehead atoms. The molecule has 0 heterocycles. The van der Waals surface area contributed by atoms with Crippen LogP contribution in [0.3, 0.4) is 0 Å². The van der Waals surface area contributed by atoms with Gasteiger partial charge in [-0.15, -0.1) is 0 Å². The lowest BCUT2D eigenvalue weighted by Crippen LogP contribution is -1.86. The van der Waals surface area contributed by atoms with E-state index in [2.05, 4.69) is 25.3 Å². The SMILES string of the molecule is CCCC(=S)/C=C\CSC. The molecule has 0 aliphatic carbocycles. The normalized spacial score (nSPS) is 10.6. The van der Waals surface area contributed by atoms with Crippen LogP contribution in [0.1, 0.15) is 19.8 Å². The summed E-state index contributed by atoms with van der Waals surface area (Å²) in [6.45, 7) is 2.15. The Morgan fingerprint density at radius 1 is 1.60 bits per heavy atom. The summed E-state index contributed by atoms with van der Waals surface area (Å²) in [4.78, 5) is 1.08. The van der Waals surface area contributed by atoms with Gasteiger partial charge in [-0.25, -0.2) is 0 Å². The van der Waals surface area contributed by atoms with Crippen molar-refractivity contribution in [2.75, 3.05) is 12.0 Å². The van der Waals surface area contributed by atoms with E-state index in [-0.39, 0.29) is 0 Å². The van der Waals surface area contributed by atoms with Gasteiger partial charge >= 0.3 is 0 Å². The van der Waals surface area contributed by atoms with E-state index >= 15 is 0 Å². The smallest absolute Gasteiger partial charge is 0.0149 e. The van der Waals surface area contributed by atoms with E-state index in [4.69, 9.17) is 12.2 Å². The highest BCUT2D eigenvalue weighted by Crippen LogP contribution is 1.96. The average molecular weight is 174 g/mol. The third-order valence-electron chi connectivity index (χ3n) is 1.06. The van der Waals surface area contributed by atoms with Crippen LogP contribution in [0, 0.1) is 0 Å². The Morgan fingerprint density at radius 2 is 2.30 bits per heavy atom. The fourth-order valence-corrected chi connectivity index (χ4v) is 1.19. The fraction of sp³-hybridized carbons (Fsp3) is 0.625. The van der Waals surface area contributed by atoms with Crippen molar-refractivity contribution >= 4 is 28.8 Å². The van der Waals surface area contributed by atoms with Crippen molar-refractivity contribution < 1.29 is 0 Å². The second-order valence-electron chi connectivity index (χ2n) is 2.07. The molecule has 0 radical (unpaired) electrons. The van der Waals surface area contributed by atoms with Crippen molar-refractivity contribution in [1.82, 2.24) is 0 Å². The lowest BCUT2D eigenvalue weighted by molar-refractivity contribution is 1.01. The van der Waals surface area contributed by atoms with E-state index in [1.807, 2.05) is 11.8 Å². The molecule has 0 aromatic rings. The zero-order chi connectivity index (χ0) is 7.82. The summed E-state index contributed by atoms with van der Waals surface area (Å²) < 4.78 is 0. The van der Waals surface area contributed by atoms with Gasteiger partial charge < -0.3 is 0 Å². The number of thiocarbonyl (C=S) groups is 1. The van der Waals surface area contributed by atoms with Gasteiger partial charge in [-0.3, -0.25) is 0 Å². The van der Waals surface area contributed by atoms with Crippen molar-refractivity contribution in [2.24, 2.45) is 0 Å². The van der Waals surface area contributed by atoms with Gasteiger partial charge in [-0.1, -0.05) is 37.7 Å². The van der Waals surface area contributed by atoms with Crippen molar-refractivity contribution in [3.63, 3.8) is 0 Å². The molecule has 10 heavy (non-hydrogen) atoms. The first kappa shape index (κ1) is 10.2. The summed E-state index contributed by atoms with van der Waals surface area (Å²) >= 11 is 6.89. The van der Waals surface area contributed by atoms with Crippen LogP contribution in [0.2, 0.25) is 0 Å². The predicted octanol–water partition coefficient (Wildman–Crippen LogP) is 3.08. The topological polar surface area (TPSA) is 0 Å². The number of hydrogen-bond acceptors (Lipinski definition) is 2. The molecule has 0 atom stereocenters. The van der Waals surface area contributed by atoms with Crippen LogP contribution in [0.25, 0.3) is 0 Å². The van der Waals surface area contributed by atoms with Gasteiger partial charge in [-0.05, 0) is 12.7 Å². The fourth-order valence-electron chi connectivity index (χ4n) is 0.606. The van der Waals surface area contributed by atoms with Crippen molar-refractivity contribution in [3.8, 4) is 0 Å². The number of allylic oxidation sites excluding steroid dienone is 1. The molecule has 0 fully saturated rings. The Labute approximate surface area is 73.1 Å². The van der Waals surface area contributed by atoms with Gasteiger partial charge in [0.05, 0.1) is 0 Å². The van der Waals surface area contributed by atoms with Crippen LogP contribution in [-0.4, -0.2) is 16.9 Å². The molecule has 0 aromatic carbocycles. The lowest BCUT2D eigenvalue weighted by atomic mass is 10.2. The third-order valence-corrected chi connectivity index (χ3v) is 1.93. The average Bonchev–Trinajstić information content (AvgIpc) is 1.89. The minimum Gasteiger partial charge on any atom is -0.161 e. The molecule has 0 unspecified atom stereocenters. The number of thioether (sulfide) groups is 1. The Balaban J connectivity index is 3.36. The Kier molecular flexibility index (Phi) is 7.42. The predicted molar refractivity (Wildman–Crippen MR) is 55.0 cm³/mol. The second-order valence-corrected chi connectivity index (χ2v) is 3.51. The molecule has 0 spiro atoms. The summed E-state index contributed by atoms with van der Waals surface area (Å²) in [5.41, 5.74) is 0. The molecule has 0 aromatic heterocycles. The Morgan fingerprint density at radius 3 is 2.80 bits per heavy atom. The molecule has 0 amide bonds. The molecule has 0 N–H and O–H groups in total. The Hall–Kier alpha value is 0.180. The largest absolute Gasteiger partial charge is 0.161 e. The van der Waals surface area contributed by atoms with E-state index in [1.54, 1.807) is 0 Å². The van der Waals surface area contributed by atoms with E-state index in [0.717, 1.165) is 23.5 Å². The number of hydrogen-bond donors (Lipinski definition) is 0. The van der Waals surface area contributed by atoms with Gasteiger partial charge in [0.25, 0.3) is 0 Å². The first-order valence-corrected chi connectivity index (χ1v) is 5.29. The van der Waals surface area contributed by atoms with Crippen LogP contribution in [-0.2, 0) is 0 Å². The van der Waals surface area contributed by atoms with Gasteiger partial charge in [0, 0.05) is 10.6 Å². The third kappa shape index (κ3) is 6.30. The van der Waals surface area contributed by atoms with Crippen LogP contribution in [0.5, 0.6) is 0 Å². The van der Waals surface area contributed by atoms with E-state index in [1.165, 1.54) is 0 Å². The first-order chi connectivity index (χ1) is 4.81. The first-order valence-electron chi connectivity index (χ1n) is 3.49. The maximum atomic E-state index is 5.07. The molecule has 2 heteroatoms. The van der Waals surface area contributed by atoms with Crippen LogP contribution >= 0.6 is 24.0 Å². The van der Waals surface area contributed by atoms with E-state index < -0.39 is 0 Å². The molecule has 0 saturated heterocycles. The molecule has 0 rings (SSSR count). The van der Waals surface area contributed by atoms with Crippen LogP contribution in [0.4, 0.5) is 0 Å². The van der Waals surface area contributed by atoms with Gasteiger partial charge in [0.1, 0.15) is 0 Å². The van der Waals surface area contributed by atoms with Crippen LogP contribution < -0.4 is 0 Å². The standard InChI is InChI=1S/C8H14S2/c1-3-5-8(9)6-4-7-10-2/h4,6H,3,5,7H2,1-2H3/b6-4-. The maximum absolute atomic E-state index is 5.07. The quantitative estimate of drug-likeness (QED) is 0.464.